The molecule has 0 aromatic carbocycles. The molecular weight excluding hydrogens is 294 g/mol. The molecule has 7 heteroatoms. The van der Waals surface area contributed by atoms with Crippen molar-refractivity contribution < 1.29 is 0 Å². The van der Waals surface area contributed by atoms with Gasteiger partial charge in [0.2, 0.25) is 0 Å². The summed E-state index contributed by atoms with van der Waals surface area (Å²) in [5.41, 5.74) is 1.93. The molecule has 110 valence electrons. The fourth-order valence-corrected chi connectivity index (χ4v) is 3.10. The molecule has 0 saturated carbocycles. The zero-order chi connectivity index (χ0) is 14.7. The molecule has 20 heavy (non-hydrogen) atoms. The predicted molar refractivity (Wildman–Crippen MR) is 82.4 cm³/mol. The van der Waals surface area contributed by atoms with Crippen molar-refractivity contribution >= 4 is 23.1 Å². The summed E-state index contributed by atoms with van der Waals surface area (Å²) in [6.07, 6.45) is 2.76. The Morgan fingerprint density at radius 1 is 1.45 bits per heavy atom. The van der Waals surface area contributed by atoms with Crippen molar-refractivity contribution in [3.8, 4) is 0 Å². The van der Waals surface area contributed by atoms with Gasteiger partial charge in [0, 0.05) is 6.04 Å². The summed E-state index contributed by atoms with van der Waals surface area (Å²) < 4.78 is 6.01. The highest BCUT2D eigenvalue weighted by Gasteiger charge is 2.26. The maximum Gasteiger partial charge on any atom is 0.0892 e. The third-order valence-electron chi connectivity index (χ3n) is 3.10. The molecule has 0 aliphatic rings. The Morgan fingerprint density at radius 3 is 2.75 bits per heavy atom. The molecule has 5 nitrogen and oxygen atoms in total. The van der Waals surface area contributed by atoms with Crippen LogP contribution in [0.4, 0.5) is 0 Å². The monoisotopic (exact) mass is 313 g/mol. The van der Waals surface area contributed by atoms with Gasteiger partial charge in [-0.15, -0.1) is 5.10 Å². The standard InChI is InChI=1S/C13H20ClN5S/c1-5-6-15-11(13-9(4)17-18-20-13)12-10(14)7-16-19(12)8(2)3/h7-8,11,15H,5-6H2,1-4H3. The van der Waals surface area contributed by atoms with Gasteiger partial charge in [-0.2, -0.15) is 5.10 Å². The van der Waals surface area contributed by atoms with Gasteiger partial charge in [0.1, 0.15) is 0 Å². The molecular formula is C13H20ClN5S. The Bertz CT molecular complexity index is 563. The van der Waals surface area contributed by atoms with E-state index in [0.717, 1.165) is 29.2 Å². The molecule has 0 fully saturated rings. The predicted octanol–water partition coefficient (Wildman–Crippen LogP) is 3.37. The molecule has 2 aromatic rings. The van der Waals surface area contributed by atoms with Crippen molar-refractivity contribution in [3.63, 3.8) is 0 Å². The molecule has 0 spiro atoms. The normalized spacial score (nSPS) is 13.1. The van der Waals surface area contributed by atoms with Gasteiger partial charge in [-0.1, -0.05) is 23.0 Å². The van der Waals surface area contributed by atoms with Crippen molar-refractivity contribution in [1.82, 2.24) is 24.7 Å². The molecule has 1 unspecified atom stereocenters. The summed E-state index contributed by atoms with van der Waals surface area (Å²) in [4.78, 5) is 1.10. The smallest absolute Gasteiger partial charge is 0.0892 e. The Balaban J connectivity index is 2.46. The van der Waals surface area contributed by atoms with Crippen molar-refractivity contribution in [1.29, 1.82) is 0 Å². The highest BCUT2D eigenvalue weighted by Crippen LogP contribution is 2.32. The molecule has 0 aliphatic carbocycles. The lowest BCUT2D eigenvalue weighted by Gasteiger charge is -2.21. The summed E-state index contributed by atoms with van der Waals surface area (Å²) in [6.45, 7) is 9.22. The summed E-state index contributed by atoms with van der Waals surface area (Å²) in [5, 5.41) is 12.7. The van der Waals surface area contributed by atoms with Crippen LogP contribution in [0.2, 0.25) is 5.02 Å². The van der Waals surface area contributed by atoms with Gasteiger partial charge in [0.25, 0.3) is 0 Å². The number of rotatable bonds is 6. The molecule has 0 bridgehead atoms. The second-order valence-corrected chi connectivity index (χ2v) is 6.22. The average Bonchev–Trinajstić information content (AvgIpc) is 2.98. The lowest BCUT2D eigenvalue weighted by atomic mass is 10.1. The van der Waals surface area contributed by atoms with Crippen molar-refractivity contribution in [3.05, 3.63) is 27.5 Å². The van der Waals surface area contributed by atoms with Crippen LogP contribution in [0.1, 0.15) is 55.5 Å². The van der Waals surface area contributed by atoms with Crippen LogP contribution in [0.3, 0.4) is 0 Å². The Morgan fingerprint density at radius 2 is 2.20 bits per heavy atom. The maximum absolute atomic E-state index is 6.37. The molecule has 2 heterocycles. The SMILES string of the molecule is CCCNC(c1snnc1C)c1c(Cl)cnn1C(C)C. The van der Waals surface area contributed by atoms with Gasteiger partial charge in [-0.25, -0.2) is 0 Å². The highest BCUT2D eigenvalue weighted by atomic mass is 35.5. The van der Waals surface area contributed by atoms with E-state index in [4.69, 9.17) is 11.6 Å². The third kappa shape index (κ3) is 3.02. The topological polar surface area (TPSA) is 55.6 Å². The second-order valence-electron chi connectivity index (χ2n) is 5.03. The van der Waals surface area contributed by atoms with Crippen LogP contribution in [0.25, 0.3) is 0 Å². The average molecular weight is 314 g/mol. The minimum absolute atomic E-state index is 0.00708. The van der Waals surface area contributed by atoms with Crippen LogP contribution in [0.5, 0.6) is 0 Å². The highest BCUT2D eigenvalue weighted by molar-refractivity contribution is 7.05. The number of hydrogen-bond acceptors (Lipinski definition) is 5. The fourth-order valence-electron chi connectivity index (χ4n) is 2.14. The molecule has 0 radical (unpaired) electrons. The van der Waals surface area contributed by atoms with E-state index in [1.165, 1.54) is 11.5 Å². The van der Waals surface area contributed by atoms with E-state index in [1.54, 1.807) is 6.20 Å². The molecule has 0 saturated heterocycles. The van der Waals surface area contributed by atoms with E-state index in [0.29, 0.717) is 5.02 Å². The maximum atomic E-state index is 6.37. The van der Waals surface area contributed by atoms with Gasteiger partial charge >= 0.3 is 0 Å². The third-order valence-corrected chi connectivity index (χ3v) is 4.28. The minimum atomic E-state index is -0.00708. The van der Waals surface area contributed by atoms with Crippen LogP contribution in [0.15, 0.2) is 6.20 Å². The van der Waals surface area contributed by atoms with Gasteiger partial charge in [-0.3, -0.25) is 4.68 Å². The van der Waals surface area contributed by atoms with Crippen LogP contribution in [-0.4, -0.2) is 25.9 Å². The first kappa shape index (κ1) is 15.4. The van der Waals surface area contributed by atoms with E-state index in [1.807, 2.05) is 11.6 Å². The number of halogens is 1. The number of aryl methyl sites for hydroxylation is 1. The first-order valence-corrected chi connectivity index (χ1v) is 7.96. The zero-order valence-corrected chi connectivity index (χ0v) is 13.8. The number of hydrogen-bond donors (Lipinski definition) is 1. The van der Waals surface area contributed by atoms with E-state index in [-0.39, 0.29) is 12.1 Å². The first-order valence-electron chi connectivity index (χ1n) is 6.81. The number of nitrogens with zero attached hydrogens (tertiary/aromatic N) is 4. The van der Waals surface area contributed by atoms with Crippen LogP contribution >= 0.6 is 23.1 Å². The summed E-state index contributed by atoms with van der Waals surface area (Å²) in [6, 6.07) is 0.247. The molecule has 2 aromatic heterocycles. The number of aromatic nitrogens is 4. The van der Waals surface area contributed by atoms with Crippen molar-refractivity contribution in [2.24, 2.45) is 0 Å². The largest absolute Gasteiger partial charge is 0.304 e. The summed E-state index contributed by atoms with van der Waals surface area (Å²) in [7, 11) is 0. The molecule has 1 N–H and O–H groups in total. The minimum Gasteiger partial charge on any atom is -0.304 e. The summed E-state index contributed by atoms with van der Waals surface area (Å²) >= 11 is 7.78. The van der Waals surface area contributed by atoms with E-state index < -0.39 is 0 Å². The van der Waals surface area contributed by atoms with Crippen LogP contribution in [0, 0.1) is 6.92 Å². The first-order chi connectivity index (χ1) is 9.56. The van der Waals surface area contributed by atoms with Crippen LogP contribution < -0.4 is 5.32 Å². The van der Waals surface area contributed by atoms with E-state index >= 15 is 0 Å². The fraction of sp³-hybridized carbons (Fsp3) is 0.615. The molecule has 2 rings (SSSR count). The van der Waals surface area contributed by atoms with Gasteiger partial charge in [0.05, 0.1) is 33.5 Å². The van der Waals surface area contributed by atoms with E-state index in [2.05, 4.69) is 40.8 Å². The Hall–Kier alpha value is -0.980. The number of nitrogens with one attached hydrogen (secondary N) is 1. The Kier molecular flexibility index (Phi) is 5.12. The molecule has 0 aliphatic heterocycles. The zero-order valence-electron chi connectivity index (χ0n) is 12.2. The lowest BCUT2D eigenvalue weighted by Crippen LogP contribution is -2.26. The molecule has 0 amide bonds. The van der Waals surface area contributed by atoms with Gasteiger partial charge in [0.15, 0.2) is 0 Å². The van der Waals surface area contributed by atoms with E-state index in [9.17, 15) is 0 Å². The van der Waals surface area contributed by atoms with Gasteiger partial charge in [-0.05, 0) is 45.3 Å². The van der Waals surface area contributed by atoms with Crippen molar-refractivity contribution in [2.45, 2.75) is 46.2 Å². The second kappa shape index (κ2) is 6.65. The lowest BCUT2D eigenvalue weighted by molar-refractivity contribution is 0.473. The molecule has 1 atom stereocenters. The summed E-state index contributed by atoms with van der Waals surface area (Å²) in [5.74, 6) is 0. The Labute approximate surface area is 128 Å². The van der Waals surface area contributed by atoms with Gasteiger partial charge < -0.3 is 5.32 Å². The van der Waals surface area contributed by atoms with Crippen molar-refractivity contribution in [2.75, 3.05) is 6.54 Å². The van der Waals surface area contributed by atoms with Crippen LogP contribution in [-0.2, 0) is 0 Å². The quantitative estimate of drug-likeness (QED) is 0.888.